The largest absolute Gasteiger partial charge is 0.465 e. The Balaban J connectivity index is 3.29. The van der Waals surface area contributed by atoms with Crippen LogP contribution >= 0.6 is 11.8 Å². The Hall–Kier alpha value is -8.55. The van der Waals surface area contributed by atoms with Crippen molar-refractivity contribution < 1.29 is 57.5 Å². The molecule has 1 aromatic rings. The lowest BCUT2D eigenvalue weighted by molar-refractivity contribution is -0.136. The molecule has 8 atom stereocenters. The lowest BCUT2D eigenvalue weighted by atomic mass is 10.0. The van der Waals surface area contributed by atoms with Crippen LogP contribution < -0.4 is 88.0 Å². The number of allylic oxidation sites excluding steroid dienone is 7. The highest BCUT2D eigenvalue weighted by Gasteiger charge is 2.34. The number of aliphatic hydroxyl groups excluding tert-OH is 1. The van der Waals surface area contributed by atoms with Crippen molar-refractivity contribution in [2.75, 3.05) is 50.8 Å². The smallest absolute Gasteiger partial charge is 0.245 e. The Morgan fingerprint density at radius 3 is 1.36 bits per heavy atom. The van der Waals surface area contributed by atoms with E-state index in [0.717, 1.165) is 44.1 Å². The van der Waals surface area contributed by atoms with Gasteiger partial charge < -0.3 is 97.5 Å². The normalized spacial score (nSPS) is 14.1. The van der Waals surface area contributed by atoms with Crippen molar-refractivity contribution in [3.8, 4) is 0 Å². The van der Waals surface area contributed by atoms with Crippen molar-refractivity contribution in [2.45, 2.75) is 219 Å². The van der Waals surface area contributed by atoms with Crippen molar-refractivity contribution >= 4 is 88.8 Å². The molecule has 0 aromatic carbocycles. The molecule has 0 aliphatic heterocycles. The Kier molecular flexibility index (Phi) is 46.9. The first-order valence-electron chi connectivity index (χ1n) is 34.1. The van der Waals surface area contributed by atoms with E-state index in [1.807, 2.05) is 6.92 Å². The number of nitrogens with zero attached hydrogens (tertiary/aromatic N) is 2. The van der Waals surface area contributed by atoms with Crippen molar-refractivity contribution in [3.05, 3.63) is 76.8 Å². The number of carbonyl (C=O) groups excluding carboxylic acids is 10. The molecule has 0 spiro atoms. The number of hydrogen-bond donors (Lipinski definition) is 17. The number of aliphatic hydroxyl groups is 1. The number of aliphatic imine (C=N–C) groups is 2. The van der Waals surface area contributed by atoms with Gasteiger partial charge in [-0.1, -0.05) is 46.6 Å². The van der Waals surface area contributed by atoms with Gasteiger partial charge in [0, 0.05) is 44.1 Å². The van der Waals surface area contributed by atoms with E-state index in [4.69, 9.17) is 44.6 Å². The van der Waals surface area contributed by atoms with Gasteiger partial charge in [-0.3, -0.25) is 57.9 Å². The molecule has 0 fully saturated rings. The number of primary amides is 1. The summed E-state index contributed by atoms with van der Waals surface area (Å²) in [5.41, 5.74) is 44.8. The zero-order valence-electron chi connectivity index (χ0n) is 59.2. The van der Waals surface area contributed by atoms with E-state index in [1.165, 1.54) is 60.7 Å². The van der Waals surface area contributed by atoms with Gasteiger partial charge in [0.25, 0.3) is 0 Å². The summed E-state index contributed by atoms with van der Waals surface area (Å²) < 4.78 is 5.18. The standard InChI is InChI=1S/C68H116N18O12S/c1-44(2)20-14-21-45(3)22-15-23-46(4)24-16-25-47(5)34-41-99-43-57(59(71)90)86-65(96)55(31-18-39-78-68(74)75)83-63(94)54(30-17-38-77-67(72)73)84-66(97)56(42-87)85-64(95)53(28-9-12-36-70)82-62(93)52(27-8-11-35-69)81-60(91)48(6)79-61(92)51(80-49(7)88)29-10-13-37-76-58(89)33-32-50-26-19-40-98-50/h19-20,22,24,26,32-34,40,48,51-57,87H,8-18,21,23,25,27-31,35-39,41-43,69-70H2,1-7H3,(H2,71,90)(H,76,89)(H,79,92)(H,80,88)(H,81,91)(H,82,93)(H,83,94)(H,84,97)(H,85,95)(H,86,96)(H4,72,73,77)(H4,74,75,78)/b33-32+,45-22+,46-24+,47-34+/t48-,51-,52-,53-,54-,55-,56-,57-/m0/s1. The van der Waals surface area contributed by atoms with Gasteiger partial charge in [-0.05, 0) is 195 Å². The molecule has 0 saturated carbocycles. The quantitative estimate of drug-likeness (QED) is 0.0143. The van der Waals surface area contributed by atoms with Crippen molar-refractivity contribution in [1.29, 1.82) is 0 Å². The lowest BCUT2D eigenvalue weighted by Crippen LogP contribution is -2.60. The molecule has 0 unspecified atom stereocenters. The molecule has 0 radical (unpaired) electrons. The molecule has 0 aliphatic rings. The SMILES string of the molecule is CC(=O)N[C@@H](CCCCNC(=O)/C=C/c1ccco1)C(=O)N[C@@H](C)C(=O)N[C@@H](CCCCN)C(=O)N[C@@H](CCCCN)C(=O)N[C@@H](CO)C(=O)N[C@@H](CCCN=C(N)N)C(=O)N[C@@H](CCCN=C(N)N)C(=O)N[C@@H](CSC/C=C(\C)CC/C=C(\C)CC/C=C(\C)CCC=C(C)C)C(N)=O. The minimum Gasteiger partial charge on any atom is -0.465 e. The molecular weight excluding hydrogens is 1290 g/mol. The van der Waals surface area contributed by atoms with Crippen LogP contribution in [0, 0.1) is 0 Å². The number of nitrogens with one attached hydrogen (secondary N) is 9. The number of amides is 10. The van der Waals surface area contributed by atoms with Crippen molar-refractivity contribution in [1.82, 2.24) is 47.9 Å². The first-order chi connectivity index (χ1) is 47.1. The zero-order chi connectivity index (χ0) is 74.1. The van der Waals surface area contributed by atoms with Crippen LogP contribution in [0.1, 0.15) is 176 Å². The van der Waals surface area contributed by atoms with E-state index in [2.05, 4.69) is 110 Å². The van der Waals surface area contributed by atoms with Gasteiger partial charge >= 0.3 is 0 Å². The molecule has 0 aliphatic carbocycles. The number of hydrogen-bond acceptors (Lipinski definition) is 17. The topological polar surface area (TPSA) is 519 Å². The lowest BCUT2D eigenvalue weighted by Gasteiger charge is -2.27. The third kappa shape index (κ3) is 42.8. The number of unbranched alkanes of at least 4 members (excludes halogenated alkanes) is 3. The number of nitrogens with two attached hydrogens (primary N) is 7. The molecule has 1 heterocycles. The van der Waals surface area contributed by atoms with E-state index in [0.29, 0.717) is 50.0 Å². The number of rotatable bonds is 53. The maximum absolute atomic E-state index is 14.3. The van der Waals surface area contributed by atoms with Crippen LogP contribution in [0.4, 0.5) is 0 Å². The third-order valence-electron chi connectivity index (χ3n) is 15.4. The molecule has 0 bridgehead atoms. The molecule has 0 saturated heterocycles. The predicted molar refractivity (Wildman–Crippen MR) is 389 cm³/mol. The second-order valence-electron chi connectivity index (χ2n) is 24.6. The first kappa shape index (κ1) is 88.5. The van der Waals surface area contributed by atoms with Gasteiger partial charge in [0.2, 0.25) is 59.1 Å². The van der Waals surface area contributed by atoms with Crippen LogP contribution in [0.5, 0.6) is 0 Å². The fourth-order valence-corrected chi connectivity index (χ4v) is 10.7. The van der Waals surface area contributed by atoms with Crippen molar-refractivity contribution in [2.24, 2.45) is 50.1 Å². The predicted octanol–water partition coefficient (Wildman–Crippen LogP) is 1.22. The van der Waals surface area contributed by atoms with E-state index in [1.54, 1.807) is 12.1 Å². The molecule has 24 N–H and O–H groups in total. The number of guanidine groups is 2. The second kappa shape index (κ2) is 52.5. The zero-order valence-corrected chi connectivity index (χ0v) is 60.0. The average molecular weight is 1410 g/mol. The summed E-state index contributed by atoms with van der Waals surface area (Å²) in [5.74, 6) is -6.90. The number of thioether (sulfide) groups is 1. The molecule has 99 heavy (non-hydrogen) atoms. The van der Waals surface area contributed by atoms with Crippen LogP contribution in [0.25, 0.3) is 6.08 Å². The maximum Gasteiger partial charge on any atom is 0.245 e. The summed E-state index contributed by atoms with van der Waals surface area (Å²) in [7, 11) is 0. The van der Waals surface area contributed by atoms with Crippen molar-refractivity contribution in [3.63, 3.8) is 0 Å². The summed E-state index contributed by atoms with van der Waals surface area (Å²) in [6.07, 6.45) is 21.6. The van der Waals surface area contributed by atoms with E-state index in [-0.39, 0.29) is 101 Å². The summed E-state index contributed by atoms with van der Waals surface area (Å²) in [6.45, 7) is 13.0. The molecule has 1 rings (SSSR count). The molecule has 10 amide bonds. The highest BCUT2D eigenvalue weighted by molar-refractivity contribution is 7.99. The summed E-state index contributed by atoms with van der Waals surface area (Å²) >= 11 is 1.38. The fourth-order valence-electron chi connectivity index (χ4n) is 9.67. The summed E-state index contributed by atoms with van der Waals surface area (Å²) in [6, 6.07) is -7.24. The monoisotopic (exact) mass is 1410 g/mol. The van der Waals surface area contributed by atoms with Crippen LogP contribution in [0.15, 0.2) is 85.5 Å². The molecule has 556 valence electrons. The van der Waals surface area contributed by atoms with Gasteiger partial charge in [-0.15, -0.1) is 0 Å². The Labute approximate surface area is 588 Å². The van der Waals surface area contributed by atoms with E-state index >= 15 is 0 Å². The molecule has 31 heteroatoms. The fraction of sp³-hybridized carbons (Fsp3) is 0.618. The number of carbonyl (C=O) groups is 10. The Morgan fingerprint density at radius 2 is 0.929 bits per heavy atom. The van der Waals surface area contributed by atoms with Gasteiger partial charge in [0.15, 0.2) is 11.9 Å². The summed E-state index contributed by atoms with van der Waals surface area (Å²) in [5, 5.41) is 34.2. The van der Waals surface area contributed by atoms with Gasteiger partial charge in [0.05, 0.1) is 12.9 Å². The second-order valence-corrected chi connectivity index (χ2v) is 25.7. The number of furan rings is 1. The first-order valence-corrected chi connectivity index (χ1v) is 35.2. The van der Waals surface area contributed by atoms with E-state index < -0.39 is 108 Å². The average Bonchev–Trinajstić information content (AvgIpc) is 1.30. The van der Waals surface area contributed by atoms with Crippen LogP contribution in [-0.2, 0) is 47.9 Å². The Bertz CT molecular complexity index is 2890. The highest BCUT2D eigenvalue weighted by Crippen LogP contribution is 2.16. The Morgan fingerprint density at radius 1 is 0.515 bits per heavy atom. The van der Waals surface area contributed by atoms with Gasteiger partial charge in [-0.2, -0.15) is 11.8 Å². The van der Waals surface area contributed by atoms with E-state index in [9.17, 15) is 53.1 Å². The van der Waals surface area contributed by atoms with Gasteiger partial charge in [0.1, 0.15) is 54.1 Å². The highest BCUT2D eigenvalue weighted by atomic mass is 32.2. The van der Waals surface area contributed by atoms with Crippen LogP contribution in [0.3, 0.4) is 0 Å². The molecule has 1 aromatic heterocycles. The summed E-state index contributed by atoms with van der Waals surface area (Å²) in [4.78, 5) is 143. The molecule has 30 nitrogen and oxygen atoms in total. The third-order valence-corrected chi connectivity index (χ3v) is 16.4. The van der Waals surface area contributed by atoms with Crippen LogP contribution in [0.2, 0.25) is 0 Å². The molecular formula is C68H116N18O12S. The minimum absolute atomic E-state index is 0.00590. The van der Waals surface area contributed by atoms with Crippen LogP contribution in [-0.4, -0.2) is 175 Å². The van der Waals surface area contributed by atoms with Gasteiger partial charge in [-0.25, -0.2) is 0 Å². The maximum atomic E-state index is 14.3. The minimum atomic E-state index is -1.73.